The Kier molecular flexibility index (Phi) is 3.60. The van der Waals surface area contributed by atoms with E-state index in [-0.39, 0.29) is 0 Å². The third kappa shape index (κ3) is 2.63. The van der Waals surface area contributed by atoms with E-state index in [9.17, 15) is 4.79 Å². The van der Waals surface area contributed by atoms with Gasteiger partial charge in [0.25, 0.3) is 0 Å². The summed E-state index contributed by atoms with van der Waals surface area (Å²) in [5.41, 5.74) is 1.72. The molecule has 16 heavy (non-hydrogen) atoms. The average molecular weight is 218 g/mol. The molecular formula is C14H18O2. The Hall–Kier alpha value is -1.31. The van der Waals surface area contributed by atoms with E-state index < -0.39 is 0 Å². The van der Waals surface area contributed by atoms with Crippen molar-refractivity contribution in [1.29, 1.82) is 0 Å². The number of benzene rings is 1. The lowest BCUT2D eigenvalue weighted by Crippen LogP contribution is -2.14. The van der Waals surface area contributed by atoms with Crippen molar-refractivity contribution < 1.29 is 9.53 Å². The monoisotopic (exact) mass is 218 g/mol. The number of hydrogen-bond donors (Lipinski definition) is 0. The third-order valence-corrected chi connectivity index (χ3v) is 3.39. The highest BCUT2D eigenvalue weighted by Gasteiger charge is 2.16. The first-order chi connectivity index (χ1) is 7.79. The van der Waals surface area contributed by atoms with Crippen LogP contribution in [0.1, 0.15) is 41.6 Å². The second-order valence-corrected chi connectivity index (χ2v) is 4.57. The fourth-order valence-corrected chi connectivity index (χ4v) is 2.00. The first kappa shape index (κ1) is 11.2. The SMILES string of the molecule is Cc1cc(OCCC2CCC2)ccc1C=O. The van der Waals surface area contributed by atoms with Crippen LogP contribution in [0.2, 0.25) is 0 Å². The second-order valence-electron chi connectivity index (χ2n) is 4.57. The van der Waals surface area contributed by atoms with Gasteiger partial charge in [-0.3, -0.25) is 4.79 Å². The fraction of sp³-hybridized carbons (Fsp3) is 0.500. The summed E-state index contributed by atoms with van der Waals surface area (Å²) in [4.78, 5) is 10.6. The molecule has 0 radical (unpaired) electrons. The normalized spacial score (nSPS) is 15.6. The predicted octanol–water partition coefficient (Wildman–Crippen LogP) is 3.38. The molecule has 86 valence electrons. The lowest BCUT2D eigenvalue weighted by Gasteiger charge is -2.25. The number of hydrogen-bond acceptors (Lipinski definition) is 2. The molecule has 0 bridgehead atoms. The van der Waals surface area contributed by atoms with Gasteiger partial charge >= 0.3 is 0 Å². The maximum atomic E-state index is 10.6. The molecule has 0 N–H and O–H groups in total. The average Bonchev–Trinajstić information content (AvgIpc) is 2.22. The number of aldehydes is 1. The summed E-state index contributed by atoms with van der Waals surface area (Å²) in [7, 11) is 0. The summed E-state index contributed by atoms with van der Waals surface area (Å²) in [6, 6.07) is 5.63. The summed E-state index contributed by atoms with van der Waals surface area (Å²) < 4.78 is 5.68. The summed E-state index contributed by atoms with van der Waals surface area (Å²) in [5, 5.41) is 0. The highest BCUT2D eigenvalue weighted by Crippen LogP contribution is 2.29. The van der Waals surface area contributed by atoms with E-state index in [1.807, 2.05) is 25.1 Å². The van der Waals surface area contributed by atoms with Gasteiger partial charge < -0.3 is 4.74 Å². The maximum Gasteiger partial charge on any atom is 0.150 e. The van der Waals surface area contributed by atoms with Crippen LogP contribution in [0.4, 0.5) is 0 Å². The standard InChI is InChI=1S/C14H18O2/c1-11-9-14(6-5-13(11)10-15)16-8-7-12-3-2-4-12/h5-6,9-10,12H,2-4,7-8H2,1H3. The fourth-order valence-electron chi connectivity index (χ4n) is 2.00. The third-order valence-electron chi connectivity index (χ3n) is 3.39. The largest absolute Gasteiger partial charge is 0.494 e. The van der Waals surface area contributed by atoms with Crippen molar-refractivity contribution >= 4 is 6.29 Å². The zero-order chi connectivity index (χ0) is 11.4. The molecule has 0 atom stereocenters. The molecule has 2 nitrogen and oxygen atoms in total. The highest BCUT2D eigenvalue weighted by molar-refractivity contribution is 5.77. The topological polar surface area (TPSA) is 26.3 Å². The smallest absolute Gasteiger partial charge is 0.150 e. The van der Waals surface area contributed by atoms with E-state index in [1.54, 1.807) is 0 Å². The number of ether oxygens (including phenoxy) is 1. The minimum absolute atomic E-state index is 0.742. The molecule has 0 unspecified atom stereocenters. The van der Waals surface area contributed by atoms with E-state index >= 15 is 0 Å². The molecule has 1 aliphatic rings. The molecule has 1 saturated carbocycles. The Morgan fingerprint density at radius 1 is 1.44 bits per heavy atom. The van der Waals surface area contributed by atoms with Crippen molar-refractivity contribution in [2.45, 2.75) is 32.6 Å². The van der Waals surface area contributed by atoms with Crippen LogP contribution in [0.25, 0.3) is 0 Å². The number of carbonyl (C=O) groups is 1. The van der Waals surface area contributed by atoms with Gasteiger partial charge in [0.15, 0.2) is 0 Å². The van der Waals surface area contributed by atoms with Crippen molar-refractivity contribution in [3.8, 4) is 5.75 Å². The van der Waals surface area contributed by atoms with Crippen molar-refractivity contribution in [3.63, 3.8) is 0 Å². The van der Waals surface area contributed by atoms with Crippen LogP contribution in [0.5, 0.6) is 5.75 Å². The van der Waals surface area contributed by atoms with E-state index in [1.165, 1.54) is 19.3 Å². The van der Waals surface area contributed by atoms with E-state index in [0.29, 0.717) is 0 Å². The molecule has 0 amide bonds. The summed E-state index contributed by atoms with van der Waals surface area (Å²) in [6.45, 7) is 2.73. The highest BCUT2D eigenvalue weighted by atomic mass is 16.5. The van der Waals surface area contributed by atoms with Crippen LogP contribution in [0.15, 0.2) is 18.2 Å². The van der Waals surface area contributed by atoms with Crippen LogP contribution in [-0.4, -0.2) is 12.9 Å². The van der Waals surface area contributed by atoms with Crippen molar-refractivity contribution in [2.75, 3.05) is 6.61 Å². The Labute approximate surface area is 96.6 Å². The van der Waals surface area contributed by atoms with Gasteiger partial charge in [-0.1, -0.05) is 19.3 Å². The lowest BCUT2D eigenvalue weighted by molar-refractivity contribution is 0.112. The molecule has 2 heteroatoms. The Morgan fingerprint density at radius 3 is 2.81 bits per heavy atom. The van der Waals surface area contributed by atoms with Crippen LogP contribution >= 0.6 is 0 Å². The van der Waals surface area contributed by atoms with Gasteiger partial charge in [0.1, 0.15) is 12.0 Å². The molecule has 2 rings (SSSR count). The molecule has 1 aliphatic carbocycles. The summed E-state index contributed by atoms with van der Waals surface area (Å²) in [6.07, 6.45) is 6.17. The molecule has 0 aromatic heterocycles. The zero-order valence-corrected chi connectivity index (χ0v) is 9.74. The first-order valence-corrected chi connectivity index (χ1v) is 5.98. The Bertz CT molecular complexity index is 367. The lowest BCUT2D eigenvalue weighted by atomic mass is 9.83. The number of carbonyl (C=O) groups excluding carboxylic acids is 1. The van der Waals surface area contributed by atoms with Crippen molar-refractivity contribution in [3.05, 3.63) is 29.3 Å². The van der Waals surface area contributed by atoms with Crippen molar-refractivity contribution in [2.24, 2.45) is 5.92 Å². The van der Waals surface area contributed by atoms with Crippen LogP contribution in [0.3, 0.4) is 0 Å². The second kappa shape index (κ2) is 5.15. The van der Waals surface area contributed by atoms with Crippen LogP contribution in [-0.2, 0) is 0 Å². The van der Waals surface area contributed by atoms with Gasteiger partial charge in [-0.25, -0.2) is 0 Å². The van der Waals surface area contributed by atoms with Crippen molar-refractivity contribution in [1.82, 2.24) is 0 Å². The van der Waals surface area contributed by atoms with Gasteiger partial charge in [0, 0.05) is 5.56 Å². The summed E-state index contributed by atoms with van der Waals surface area (Å²) in [5.74, 6) is 1.76. The molecule has 1 aromatic carbocycles. The van der Waals surface area contributed by atoms with Crippen LogP contribution < -0.4 is 4.74 Å². The Balaban J connectivity index is 1.84. The molecule has 0 heterocycles. The first-order valence-electron chi connectivity index (χ1n) is 5.98. The quantitative estimate of drug-likeness (QED) is 0.708. The minimum Gasteiger partial charge on any atom is -0.494 e. The van der Waals surface area contributed by atoms with Gasteiger partial charge in [0.2, 0.25) is 0 Å². The maximum absolute atomic E-state index is 10.6. The molecule has 1 fully saturated rings. The minimum atomic E-state index is 0.742. The van der Waals surface area contributed by atoms with E-state index in [2.05, 4.69) is 0 Å². The van der Waals surface area contributed by atoms with Gasteiger partial charge in [-0.15, -0.1) is 0 Å². The molecule has 0 saturated heterocycles. The molecule has 0 spiro atoms. The number of aryl methyl sites for hydroxylation is 1. The van der Waals surface area contributed by atoms with Gasteiger partial charge in [-0.2, -0.15) is 0 Å². The van der Waals surface area contributed by atoms with Gasteiger partial charge in [-0.05, 0) is 43.0 Å². The summed E-state index contributed by atoms with van der Waals surface area (Å²) >= 11 is 0. The van der Waals surface area contributed by atoms with Crippen LogP contribution in [0, 0.1) is 12.8 Å². The van der Waals surface area contributed by atoms with E-state index in [0.717, 1.165) is 42.1 Å². The zero-order valence-electron chi connectivity index (χ0n) is 9.74. The number of rotatable bonds is 5. The molecule has 0 aliphatic heterocycles. The predicted molar refractivity (Wildman–Crippen MR) is 64.0 cm³/mol. The molecule has 1 aromatic rings. The van der Waals surface area contributed by atoms with E-state index in [4.69, 9.17) is 4.74 Å². The Morgan fingerprint density at radius 2 is 2.25 bits per heavy atom. The molecular weight excluding hydrogens is 200 g/mol. The van der Waals surface area contributed by atoms with Gasteiger partial charge in [0.05, 0.1) is 6.61 Å².